The minimum atomic E-state index is -0.369. The van der Waals surface area contributed by atoms with Crippen molar-refractivity contribution in [2.75, 3.05) is 47.4 Å². The largest absolute Gasteiger partial charge is 0.495 e. The summed E-state index contributed by atoms with van der Waals surface area (Å²) in [7, 11) is 5.17. The van der Waals surface area contributed by atoms with Crippen molar-refractivity contribution in [3.8, 4) is 11.5 Å². The van der Waals surface area contributed by atoms with Gasteiger partial charge in [-0.15, -0.1) is 0 Å². The first-order valence-electron chi connectivity index (χ1n) is 13.7. The SMILES string of the molecule is COc1cc(/C=C2/C(C)=C(CC(=O)NCc3ccco3)c3cc(F)ccc32)cc(OC)c1SC(=O)N1CCN(C)CC1. The van der Waals surface area contributed by atoms with Crippen molar-refractivity contribution in [2.45, 2.75) is 24.8 Å². The number of nitrogens with zero attached hydrogens (tertiary/aromatic N) is 2. The molecule has 2 amide bonds. The molecule has 2 aromatic carbocycles. The highest BCUT2D eigenvalue weighted by atomic mass is 32.2. The Balaban J connectivity index is 1.44. The Kier molecular flexibility index (Phi) is 9.03. The first kappa shape index (κ1) is 29.5. The number of amides is 2. The summed E-state index contributed by atoms with van der Waals surface area (Å²) < 4.78 is 31.1. The zero-order valence-electron chi connectivity index (χ0n) is 24.2. The summed E-state index contributed by atoms with van der Waals surface area (Å²) in [6.45, 7) is 5.22. The number of ether oxygens (including phenoxy) is 2. The third kappa shape index (κ3) is 6.39. The number of benzene rings is 2. The van der Waals surface area contributed by atoms with Crippen LogP contribution in [0.2, 0.25) is 0 Å². The van der Waals surface area contributed by atoms with Gasteiger partial charge in [-0.1, -0.05) is 6.07 Å². The number of likely N-dealkylation sites (N-methyl/N-ethyl adjacent to an activating group) is 1. The number of nitrogens with one attached hydrogen (secondary N) is 1. The Bertz CT molecular complexity index is 1520. The van der Waals surface area contributed by atoms with E-state index >= 15 is 0 Å². The third-order valence-electron chi connectivity index (χ3n) is 7.58. The molecule has 2 aliphatic rings. The van der Waals surface area contributed by atoms with Crippen LogP contribution >= 0.6 is 11.8 Å². The normalized spacial score (nSPS) is 16.1. The molecular formula is C32H34FN3O5S. The van der Waals surface area contributed by atoms with Gasteiger partial charge in [0.25, 0.3) is 5.24 Å². The van der Waals surface area contributed by atoms with E-state index in [0.717, 1.165) is 52.7 Å². The molecule has 0 bridgehead atoms. The molecule has 2 heterocycles. The molecule has 220 valence electrons. The van der Waals surface area contributed by atoms with Crippen LogP contribution in [0.15, 0.2) is 63.6 Å². The molecule has 0 atom stereocenters. The van der Waals surface area contributed by atoms with Crippen molar-refractivity contribution < 1.29 is 27.9 Å². The molecular weight excluding hydrogens is 557 g/mol. The van der Waals surface area contributed by atoms with Gasteiger partial charge in [-0.25, -0.2) is 4.39 Å². The van der Waals surface area contributed by atoms with E-state index < -0.39 is 0 Å². The van der Waals surface area contributed by atoms with Gasteiger partial charge >= 0.3 is 0 Å². The molecule has 3 aromatic rings. The molecule has 8 nitrogen and oxygen atoms in total. The topological polar surface area (TPSA) is 84.2 Å². The molecule has 1 saturated heterocycles. The molecule has 10 heteroatoms. The third-order valence-corrected chi connectivity index (χ3v) is 8.61. The van der Waals surface area contributed by atoms with Crippen LogP contribution in [0.25, 0.3) is 17.2 Å². The summed E-state index contributed by atoms with van der Waals surface area (Å²) in [6, 6.07) is 11.9. The smallest absolute Gasteiger partial charge is 0.286 e. The molecule has 0 radical (unpaired) electrons. The van der Waals surface area contributed by atoms with E-state index in [1.807, 2.05) is 37.1 Å². The fourth-order valence-electron chi connectivity index (χ4n) is 5.19. The Morgan fingerprint density at radius 1 is 1.05 bits per heavy atom. The summed E-state index contributed by atoms with van der Waals surface area (Å²) in [4.78, 5) is 30.6. The Hall–Kier alpha value is -4.02. The lowest BCUT2D eigenvalue weighted by molar-refractivity contribution is -0.120. The van der Waals surface area contributed by atoms with Crippen LogP contribution in [0, 0.1) is 5.82 Å². The van der Waals surface area contributed by atoms with Crippen molar-refractivity contribution in [3.63, 3.8) is 0 Å². The molecule has 1 fully saturated rings. The zero-order valence-corrected chi connectivity index (χ0v) is 25.0. The Labute approximate surface area is 249 Å². The van der Waals surface area contributed by atoms with Crippen LogP contribution in [0.1, 0.15) is 35.8 Å². The molecule has 42 heavy (non-hydrogen) atoms. The van der Waals surface area contributed by atoms with Crippen LogP contribution in [-0.2, 0) is 11.3 Å². The standard InChI is InChI=1S/C32H34FN3O5S/c1-20-25(24-8-7-22(33)17-27(24)26(20)18-30(37)34-19-23-6-5-13-41-23)14-21-15-28(39-3)31(29(16-21)40-4)42-32(38)36-11-9-35(2)10-12-36/h5-8,13-17H,9-12,18-19H2,1-4H3,(H,34,37)/b25-14-. The number of methoxy groups -OCH3 is 2. The maximum Gasteiger partial charge on any atom is 0.286 e. The van der Waals surface area contributed by atoms with Crippen LogP contribution in [0.4, 0.5) is 9.18 Å². The molecule has 5 rings (SSSR count). The lowest BCUT2D eigenvalue weighted by Crippen LogP contribution is -2.45. The van der Waals surface area contributed by atoms with E-state index in [1.54, 1.807) is 38.7 Å². The van der Waals surface area contributed by atoms with Gasteiger partial charge in [0.2, 0.25) is 5.91 Å². The number of halogens is 1. The lowest BCUT2D eigenvalue weighted by Gasteiger charge is -2.32. The van der Waals surface area contributed by atoms with E-state index in [2.05, 4.69) is 10.2 Å². The summed E-state index contributed by atoms with van der Waals surface area (Å²) in [5, 5.41) is 2.82. The number of rotatable bonds is 8. The molecule has 0 unspecified atom stereocenters. The highest BCUT2D eigenvalue weighted by Gasteiger charge is 2.27. The highest BCUT2D eigenvalue weighted by molar-refractivity contribution is 8.13. The number of furan rings is 1. The molecule has 0 spiro atoms. The number of piperazine rings is 1. The Morgan fingerprint density at radius 3 is 2.40 bits per heavy atom. The van der Waals surface area contributed by atoms with Crippen LogP contribution in [-0.4, -0.2) is 68.4 Å². The molecule has 1 aliphatic heterocycles. The van der Waals surface area contributed by atoms with E-state index in [4.69, 9.17) is 13.9 Å². The number of carbonyl (C=O) groups excluding carboxylic acids is 2. The lowest BCUT2D eigenvalue weighted by atomic mass is 10.0. The van der Waals surface area contributed by atoms with Crippen LogP contribution in [0.3, 0.4) is 0 Å². The van der Waals surface area contributed by atoms with Crippen LogP contribution in [0.5, 0.6) is 11.5 Å². The number of allylic oxidation sites excluding steroid dienone is 2. The second-order valence-corrected chi connectivity index (χ2v) is 11.3. The van der Waals surface area contributed by atoms with Crippen molar-refractivity contribution in [1.82, 2.24) is 15.1 Å². The van der Waals surface area contributed by atoms with Gasteiger partial charge in [-0.2, -0.15) is 0 Å². The van der Waals surface area contributed by atoms with Gasteiger partial charge in [0.15, 0.2) is 0 Å². The monoisotopic (exact) mass is 591 g/mol. The van der Waals surface area contributed by atoms with Gasteiger partial charge in [0.1, 0.15) is 28.0 Å². The van der Waals surface area contributed by atoms with Gasteiger partial charge in [0.05, 0.1) is 33.4 Å². The maximum absolute atomic E-state index is 14.4. The van der Waals surface area contributed by atoms with E-state index in [0.29, 0.717) is 40.8 Å². The number of carbonyl (C=O) groups is 2. The average molecular weight is 592 g/mol. The van der Waals surface area contributed by atoms with Crippen molar-refractivity contribution in [3.05, 3.63) is 82.6 Å². The van der Waals surface area contributed by atoms with Crippen LogP contribution < -0.4 is 14.8 Å². The fraction of sp³-hybridized carbons (Fsp3) is 0.312. The second kappa shape index (κ2) is 12.9. The highest BCUT2D eigenvalue weighted by Crippen LogP contribution is 2.46. The number of hydrogen-bond acceptors (Lipinski definition) is 7. The van der Waals surface area contributed by atoms with Gasteiger partial charge < -0.3 is 29.0 Å². The van der Waals surface area contributed by atoms with E-state index in [1.165, 1.54) is 12.1 Å². The molecule has 1 aliphatic carbocycles. The first-order valence-corrected chi connectivity index (χ1v) is 14.5. The summed E-state index contributed by atoms with van der Waals surface area (Å²) in [6.07, 6.45) is 3.63. The fourth-order valence-corrected chi connectivity index (χ4v) is 6.17. The Morgan fingerprint density at radius 2 is 1.76 bits per heavy atom. The van der Waals surface area contributed by atoms with Gasteiger partial charge in [0, 0.05) is 26.2 Å². The first-order chi connectivity index (χ1) is 20.3. The summed E-state index contributed by atoms with van der Waals surface area (Å²) >= 11 is 1.10. The molecule has 1 N–H and O–H groups in total. The molecule has 1 aromatic heterocycles. The quantitative estimate of drug-likeness (QED) is 0.325. The number of fused-ring (bicyclic) bond motifs is 1. The number of thioether (sulfide) groups is 1. The second-order valence-electron chi connectivity index (χ2n) is 10.3. The van der Waals surface area contributed by atoms with Crippen molar-refractivity contribution in [1.29, 1.82) is 0 Å². The minimum Gasteiger partial charge on any atom is -0.495 e. The summed E-state index contributed by atoms with van der Waals surface area (Å²) in [5.74, 6) is 1.13. The zero-order chi connectivity index (χ0) is 29.8. The summed E-state index contributed by atoms with van der Waals surface area (Å²) in [5.41, 5.74) is 4.83. The van der Waals surface area contributed by atoms with E-state index in [9.17, 15) is 14.0 Å². The maximum atomic E-state index is 14.4. The van der Waals surface area contributed by atoms with E-state index in [-0.39, 0.29) is 29.9 Å². The predicted molar refractivity (Wildman–Crippen MR) is 162 cm³/mol. The average Bonchev–Trinajstić information content (AvgIpc) is 3.59. The minimum absolute atomic E-state index is 0.0497. The molecule has 0 saturated carbocycles. The predicted octanol–water partition coefficient (Wildman–Crippen LogP) is 5.93. The van der Waals surface area contributed by atoms with Gasteiger partial charge in [-0.3, -0.25) is 9.59 Å². The van der Waals surface area contributed by atoms with Gasteiger partial charge in [-0.05, 0) is 102 Å². The van der Waals surface area contributed by atoms with Crippen molar-refractivity contribution in [2.24, 2.45) is 0 Å². The number of hydrogen-bond donors (Lipinski definition) is 1. The van der Waals surface area contributed by atoms with Crippen molar-refractivity contribution >= 4 is 40.1 Å².